The number of rotatable bonds is 0. The summed E-state index contributed by atoms with van der Waals surface area (Å²) >= 11 is 11.3. The van der Waals surface area contributed by atoms with Crippen LogP contribution in [0.25, 0.3) is 11.0 Å². The third-order valence-electron chi connectivity index (χ3n) is 1.94. The summed E-state index contributed by atoms with van der Waals surface area (Å²) in [4.78, 5) is 0. The lowest BCUT2D eigenvalue weighted by Crippen LogP contribution is -2.03. The first-order chi connectivity index (χ1) is 6.91. The van der Waals surface area contributed by atoms with Crippen molar-refractivity contribution in [3.63, 3.8) is 0 Å². The Kier molecular flexibility index (Phi) is 2.35. The van der Waals surface area contributed by atoms with Crippen molar-refractivity contribution in [2.24, 2.45) is 0 Å². The van der Waals surface area contributed by atoms with Crippen molar-refractivity contribution in [2.75, 3.05) is 0 Å². The molecule has 2 aromatic rings. The topological polar surface area (TPSA) is 13.1 Å². The molecule has 0 aliphatic rings. The molecular weight excluding hydrogens is 252 g/mol. The highest BCUT2D eigenvalue weighted by Crippen LogP contribution is 2.41. The van der Waals surface area contributed by atoms with Crippen LogP contribution in [0.1, 0.15) is 5.56 Å². The molecule has 2 rings (SSSR count). The largest absolute Gasteiger partial charge is 0.464 e. The third kappa shape index (κ3) is 1.68. The molecule has 0 aliphatic carbocycles. The Balaban J connectivity index is 2.84. The molecule has 0 N–H and O–H groups in total. The molecule has 0 unspecified atom stereocenters. The van der Waals surface area contributed by atoms with Gasteiger partial charge in [-0.3, -0.25) is 0 Å². The summed E-state index contributed by atoms with van der Waals surface area (Å²) in [6.07, 6.45) is -3.87. The molecule has 1 nitrogen and oxygen atoms in total. The summed E-state index contributed by atoms with van der Waals surface area (Å²) < 4.78 is 42.3. The fraction of sp³-hybridized carbons (Fsp3) is 0.111. The van der Waals surface area contributed by atoms with Crippen molar-refractivity contribution in [3.8, 4) is 0 Å². The Labute approximate surface area is 92.4 Å². The van der Waals surface area contributed by atoms with Gasteiger partial charge in [-0.15, -0.1) is 0 Å². The van der Waals surface area contributed by atoms with Crippen molar-refractivity contribution in [1.29, 1.82) is 0 Å². The Bertz CT molecular complexity index is 516. The number of halogens is 5. The first-order valence-electron chi connectivity index (χ1n) is 3.83. The van der Waals surface area contributed by atoms with Gasteiger partial charge < -0.3 is 4.42 Å². The zero-order valence-corrected chi connectivity index (χ0v) is 8.54. The van der Waals surface area contributed by atoms with E-state index in [0.717, 1.165) is 0 Å². The Morgan fingerprint density at radius 2 is 1.80 bits per heavy atom. The fourth-order valence-corrected chi connectivity index (χ4v) is 1.69. The molecule has 0 spiro atoms. The molecule has 80 valence electrons. The van der Waals surface area contributed by atoms with Gasteiger partial charge in [0.25, 0.3) is 0 Å². The van der Waals surface area contributed by atoms with Gasteiger partial charge in [-0.05, 0) is 12.1 Å². The average Bonchev–Trinajstić information content (AvgIpc) is 2.54. The van der Waals surface area contributed by atoms with E-state index in [9.17, 15) is 13.2 Å². The lowest BCUT2D eigenvalue weighted by Gasteiger charge is -2.04. The maximum Gasteiger partial charge on any atom is 0.420 e. The predicted octanol–water partition coefficient (Wildman–Crippen LogP) is 4.76. The second kappa shape index (κ2) is 3.32. The van der Waals surface area contributed by atoms with Gasteiger partial charge in [-0.25, -0.2) is 0 Å². The first kappa shape index (κ1) is 10.6. The minimum Gasteiger partial charge on any atom is -0.464 e. The second-order valence-corrected chi connectivity index (χ2v) is 3.67. The van der Waals surface area contributed by atoms with Crippen molar-refractivity contribution in [2.45, 2.75) is 6.18 Å². The monoisotopic (exact) mass is 254 g/mol. The molecule has 15 heavy (non-hydrogen) atoms. The van der Waals surface area contributed by atoms with Crippen molar-refractivity contribution in [1.82, 2.24) is 0 Å². The maximum atomic E-state index is 12.5. The number of fused-ring (bicyclic) bond motifs is 1. The summed E-state index contributed by atoms with van der Waals surface area (Å²) in [5, 5.41) is -0.275. The fourth-order valence-electron chi connectivity index (χ4n) is 1.27. The molecular formula is C9H3Cl2F3O. The highest BCUT2D eigenvalue weighted by Gasteiger charge is 2.35. The van der Waals surface area contributed by atoms with Crippen LogP contribution in [0.3, 0.4) is 0 Å². The Hall–Kier alpha value is -0.870. The molecule has 0 bridgehead atoms. The SMILES string of the molecule is FC(F)(F)c1coc2ccc(Cl)c(Cl)c12. The third-order valence-corrected chi connectivity index (χ3v) is 2.74. The van der Waals surface area contributed by atoms with E-state index in [4.69, 9.17) is 27.6 Å². The van der Waals surface area contributed by atoms with Crippen molar-refractivity contribution < 1.29 is 17.6 Å². The Morgan fingerprint density at radius 3 is 2.40 bits per heavy atom. The predicted molar refractivity (Wildman–Crippen MR) is 51.2 cm³/mol. The number of alkyl halides is 3. The summed E-state index contributed by atoms with van der Waals surface area (Å²) in [7, 11) is 0. The first-order valence-corrected chi connectivity index (χ1v) is 4.59. The zero-order valence-electron chi connectivity index (χ0n) is 7.03. The molecule has 0 saturated heterocycles. The number of benzene rings is 1. The Morgan fingerprint density at radius 1 is 1.13 bits per heavy atom. The van der Waals surface area contributed by atoms with Gasteiger partial charge in [0, 0.05) is 0 Å². The smallest absolute Gasteiger partial charge is 0.420 e. The van der Waals surface area contributed by atoms with Gasteiger partial charge in [-0.2, -0.15) is 13.2 Å². The lowest BCUT2D eigenvalue weighted by molar-refractivity contribution is -0.136. The second-order valence-electron chi connectivity index (χ2n) is 2.88. The molecule has 0 aliphatic heterocycles. The van der Waals surface area contributed by atoms with E-state index in [1.165, 1.54) is 12.1 Å². The van der Waals surface area contributed by atoms with Crippen LogP contribution in [0, 0.1) is 0 Å². The number of furan rings is 1. The van der Waals surface area contributed by atoms with Gasteiger partial charge in [0.2, 0.25) is 0 Å². The standard InChI is InChI=1S/C9H3Cl2F3O/c10-5-1-2-6-7(8(5)11)4(3-15-6)9(12,13)14/h1-3H. The van der Waals surface area contributed by atoms with Gasteiger partial charge >= 0.3 is 6.18 Å². The molecule has 0 fully saturated rings. The van der Waals surface area contributed by atoms with Gasteiger partial charge in [0.1, 0.15) is 17.4 Å². The normalized spacial score (nSPS) is 12.3. The van der Waals surface area contributed by atoms with Crippen molar-refractivity contribution >= 4 is 34.2 Å². The molecule has 0 amide bonds. The van der Waals surface area contributed by atoms with Crippen molar-refractivity contribution in [3.05, 3.63) is 34.0 Å². The molecule has 0 radical (unpaired) electrons. The average molecular weight is 255 g/mol. The molecule has 1 aromatic heterocycles. The van der Waals surface area contributed by atoms with Gasteiger partial charge in [-0.1, -0.05) is 23.2 Å². The maximum absolute atomic E-state index is 12.5. The molecule has 1 heterocycles. The minimum absolute atomic E-state index is 0.0658. The molecule has 6 heteroatoms. The summed E-state index contributed by atoms with van der Waals surface area (Å²) in [5.41, 5.74) is -0.846. The van der Waals surface area contributed by atoms with Crippen LogP contribution in [-0.4, -0.2) is 0 Å². The lowest BCUT2D eigenvalue weighted by atomic mass is 10.2. The molecule has 0 saturated carbocycles. The highest BCUT2D eigenvalue weighted by atomic mass is 35.5. The quantitative estimate of drug-likeness (QED) is 0.661. The van der Waals surface area contributed by atoms with Gasteiger partial charge in [0.15, 0.2) is 0 Å². The van der Waals surface area contributed by atoms with Crippen LogP contribution in [0.4, 0.5) is 13.2 Å². The van der Waals surface area contributed by atoms with Crippen LogP contribution in [-0.2, 0) is 6.18 Å². The molecule has 1 aromatic carbocycles. The number of hydrogen-bond acceptors (Lipinski definition) is 1. The summed E-state index contributed by atoms with van der Waals surface area (Å²) in [6.45, 7) is 0. The van der Waals surface area contributed by atoms with Crippen LogP contribution in [0.5, 0.6) is 0 Å². The van der Waals surface area contributed by atoms with E-state index < -0.39 is 11.7 Å². The van der Waals surface area contributed by atoms with E-state index in [1.54, 1.807) is 0 Å². The van der Waals surface area contributed by atoms with Gasteiger partial charge in [0.05, 0.1) is 15.4 Å². The van der Waals surface area contributed by atoms with Crippen LogP contribution in [0.2, 0.25) is 10.0 Å². The van der Waals surface area contributed by atoms with Crippen LogP contribution >= 0.6 is 23.2 Å². The van der Waals surface area contributed by atoms with Crippen LogP contribution < -0.4 is 0 Å². The highest BCUT2D eigenvalue weighted by molar-refractivity contribution is 6.45. The summed E-state index contributed by atoms with van der Waals surface area (Å²) in [6, 6.07) is 2.73. The van der Waals surface area contributed by atoms with E-state index in [1.807, 2.05) is 0 Å². The van der Waals surface area contributed by atoms with E-state index in [0.29, 0.717) is 6.26 Å². The molecule has 0 atom stereocenters. The van der Waals surface area contributed by atoms with E-state index >= 15 is 0 Å². The van der Waals surface area contributed by atoms with E-state index in [-0.39, 0.29) is 21.0 Å². The number of hydrogen-bond donors (Lipinski definition) is 0. The minimum atomic E-state index is -4.50. The van der Waals surface area contributed by atoms with Crippen LogP contribution in [0.15, 0.2) is 22.8 Å². The van der Waals surface area contributed by atoms with E-state index in [2.05, 4.69) is 0 Å². The summed E-state index contributed by atoms with van der Waals surface area (Å²) in [5.74, 6) is 0. The zero-order chi connectivity index (χ0) is 11.2.